The van der Waals surface area contributed by atoms with Crippen molar-refractivity contribution in [1.29, 1.82) is 0 Å². The van der Waals surface area contributed by atoms with Gasteiger partial charge in [0.2, 0.25) is 0 Å². The highest BCUT2D eigenvalue weighted by Gasteiger charge is 2.42. The zero-order chi connectivity index (χ0) is 13.1. The number of hydrogen-bond acceptors (Lipinski definition) is 4. The Hall–Kier alpha value is -1.97. The molecule has 0 bridgehead atoms. The topological polar surface area (TPSA) is 60.4 Å². The third-order valence-corrected chi connectivity index (χ3v) is 3.25. The van der Waals surface area contributed by atoms with Crippen molar-refractivity contribution in [1.82, 2.24) is 0 Å². The molecule has 1 aromatic rings. The van der Waals surface area contributed by atoms with Gasteiger partial charge in [-0.05, 0) is 5.56 Å². The lowest BCUT2D eigenvalue weighted by Crippen LogP contribution is -2.37. The number of hydrogen-bond donors (Lipinski definition) is 0. The summed E-state index contributed by atoms with van der Waals surface area (Å²) in [5, 5.41) is 0. The van der Waals surface area contributed by atoms with Crippen LogP contribution in [0, 0.1) is 5.92 Å². The summed E-state index contributed by atoms with van der Waals surface area (Å²) in [6.45, 7) is 0. The number of ketones is 2. The van der Waals surface area contributed by atoms with Crippen LogP contribution in [0.25, 0.3) is 0 Å². The molecule has 1 fully saturated rings. The molecule has 0 aliphatic heterocycles. The first-order valence-electron chi connectivity index (χ1n) is 5.80. The van der Waals surface area contributed by atoms with Crippen molar-refractivity contribution in [3.63, 3.8) is 0 Å². The predicted octanol–water partition coefficient (Wildman–Crippen LogP) is 1.49. The average Bonchev–Trinajstić information content (AvgIpc) is 2.38. The summed E-state index contributed by atoms with van der Waals surface area (Å²) in [7, 11) is 1.26. The zero-order valence-corrected chi connectivity index (χ0v) is 10.1. The van der Waals surface area contributed by atoms with Crippen molar-refractivity contribution < 1.29 is 19.1 Å². The van der Waals surface area contributed by atoms with Crippen LogP contribution in [0.2, 0.25) is 0 Å². The maximum atomic E-state index is 11.9. The van der Waals surface area contributed by atoms with Crippen molar-refractivity contribution >= 4 is 17.5 Å². The predicted molar refractivity (Wildman–Crippen MR) is 63.9 cm³/mol. The maximum Gasteiger partial charge on any atom is 0.316 e. The van der Waals surface area contributed by atoms with Crippen LogP contribution in [-0.4, -0.2) is 24.6 Å². The Bertz CT molecular complexity index is 478. The van der Waals surface area contributed by atoms with Crippen LogP contribution < -0.4 is 0 Å². The van der Waals surface area contributed by atoms with Gasteiger partial charge in [0.15, 0.2) is 5.78 Å². The molecular formula is C14H14O4. The van der Waals surface area contributed by atoms with Crippen molar-refractivity contribution in [3.8, 4) is 0 Å². The van der Waals surface area contributed by atoms with E-state index in [4.69, 9.17) is 0 Å². The lowest BCUT2D eigenvalue weighted by Gasteiger charge is -2.27. The minimum Gasteiger partial charge on any atom is -0.468 e. The van der Waals surface area contributed by atoms with E-state index in [1.54, 1.807) is 0 Å². The highest BCUT2D eigenvalue weighted by Crippen LogP contribution is 2.34. The molecule has 0 radical (unpaired) electrons. The summed E-state index contributed by atoms with van der Waals surface area (Å²) >= 11 is 0. The van der Waals surface area contributed by atoms with Gasteiger partial charge >= 0.3 is 5.97 Å². The maximum absolute atomic E-state index is 11.9. The van der Waals surface area contributed by atoms with E-state index in [0.29, 0.717) is 0 Å². The molecule has 1 aromatic carbocycles. The lowest BCUT2D eigenvalue weighted by atomic mass is 9.74. The van der Waals surface area contributed by atoms with Gasteiger partial charge in [0.25, 0.3) is 0 Å². The number of methoxy groups -OCH3 is 1. The summed E-state index contributed by atoms with van der Waals surface area (Å²) < 4.78 is 4.68. The van der Waals surface area contributed by atoms with E-state index in [2.05, 4.69) is 4.74 Å². The molecule has 0 N–H and O–H groups in total. The minimum absolute atomic E-state index is 0.117. The summed E-state index contributed by atoms with van der Waals surface area (Å²) in [5.41, 5.74) is 0.828. The fraction of sp³-hybridized carbons (Fsp3) is 0.357. The number of benzene rings is 1. The van der Waals surface area contributed by atoms with Gasteiger partial charge in [-0.2, -0.15) is 0 Å². The number of carbonyl (C=O) groups is 3. The van der Waals surface area contributed by atoms with Gasteiger partial charge in [0.1, 0.15) is 11.7 Å². The fourth-order valence-corrected chi connectivity index (χ4v) is 2.40. The zero-order valence-electron chi connectivity index (χ0n) is 10.1. The first kappa shape index (κ1) is 12.5. The van der Waals surface area contributed by atoms with Gasteiger partial charge in [-0.25, -0.2) is 0 Å². The monoisotopic (exact) mass is 246 g/mol. The van der Waals surface area contributed by atoms with Crippen LogP contribution in [0.15, 0.2) is 30.3 Å². The van der Waals surface area contributed by atoms with Crippen molar-refractivity contribution in [2.24, 2.45) is 5.92 Å². The summed E-state index contributed by atoms with van der Waals surface area (Å²) in [6.07, 6.45) is 0.0542. The Morgan fingerprint density at radius 2 is 1.89 bits per heavy atom. The van der Waals surface area contributed by atoms with Gasteiger partial charge in [0, 0.05) is 12.3 Å². The molecule has 0 aromatic heterocycles. The van der Waals surface area contributed by atoms with E-state index < -0.39 is 17.8 Å². The van der Waals surface area contributed by atoms with E-state index in [9.17, 15) is 14.4 Å². The molecule has 0 unspecified atom stereocenters. The van der Waals surface area contributed by atoms with Crippen LogP contribution in [-0.2, 0) is 19.1 Å². The normalized spacial score (nSPS) is 23.8. The lowest BCUT2D eigenvalue weighted by molar-refractivity contribution is -0.152. The Balaban J connectivity index is 2.36. The van der Waals surface area contributed by atoms with Crippen LogP contribution in [0.1, 0.15) is 24.3 Å². The quantitative estimate of drug-likeness (QED) is 0.586. The Labute approximate surface area is 105 Å². The van der Waals surface area contributed by atoms with Crippen molar-refractivity contribution in [2.75, 3.05) is 7.11 Å². The second kappa shape index (κ2) is 5.12. The van der Waals surface area contributed by atoms with Crippen LogP contribution in [0.5, 0.6) is 0 Å². The largest absolute Gasteiger partial charge is 0.468 e. The van der Waals surface area contributed by atoms with Gasteiger partial charge < -0.3 is 4.74 Å². The Morgan fingerprint density at radius 3 is 2.50 bits per heavy atom. The van der Waals surface area contributed by atoms with Crippen molar-refractivity contribution in [2.45, 2.75) is 18.8 Å². The average molecular weight is 246 g/mol. The molecule has 0 heterocycles. The fourth-order valence-electron chi connectivity index (χ4n) is 2.40. The standard InChI is InChI=1S/C14H14O4/c1-18-14(17)13-11(7-10(15)8-12(13)16)9-5-3-2-4-6-9/h2-6,11,13H,7-8H2,1H3/t11-,13-/m0/s1. The molecule has 4 heteroatoms. The summed E-state index contributed by atoms with van der Waals surface area (Å²) in [5.74, 6) is -2.26. The molecular weight excluding hydrogens is 232 g/mol. The number of esters is 1. The Morgan fingerprint density at radius 1 is 1.22 bits per heavy atom. The summed E-state index contributed by atoms with van der Waals surface area (Å²) in [6, 6.07) is 9.16. The van der Waals surface area contributed by atoms with E-state index in [-0.39, 0.29) is 24.4 Å². The SMILES string of the molecule is COC(=O)[C@@H]1C(=O)CC(=O)C[C@H]1c1ccccc1. The molecule has 1 saturated carbocycles. The van der Waals surface area contributed by atoms with E-state index in [0.717, 1.165) is 5.56 Å². The minimum atomic E-state index is -0.852. The second-order valence-electron chi connectivity index (χ2n) is 4.40. The molecule has 18 heavy (non-hydrogen) atoms. The van der Waals surface area contributed by atoms with Crippen molar-refractivity contribution in [3.05, 3.63) is 35.9 Å². The van der Waals surface area contributed by atoms with E-state index in [1.165, 1.54) is 7.11 Å². The van der Waals surface area contributed by atoms with Gasteiger partial charge in [-0.3, -0.25) is 14.4 Å². The van der Waals surface area contributed by atoms with Crippen LogP contribution in [0.4, 0.5) is 0 Å². The van der Waals surface area contributed by atoms with E-state index >= 15 is 0 Å². The second-order valence-corrected chi connectivity index (χ2v) is 4.40. The first-order chi connectivity index (χ1) is 8.63. The molecule has 2 atom stereocenters. The third kappa shape index (κ3) is 2.32. The summed E-state index contributed by atoms with van der Waals surface area (Å²) in [4.78, 5) is 35.1. The number of carbonyl (C=O) groups excluding carboxylic acids is 3. The first-order valence-corrected chi connectivity index (χ1v) is 5.80. The molecule has 0 saturated heterocycles. The number of rotatable bonds is 2. The van der Waals surface area contributed by atoms with Crippen LogP contribution in [0.3, 0.4) is 0 Å². The van der Waals surface area contributed by atoms with Gasteiger partial charge in [0.05, 0.1) is 13.5 Å². The highest BCUT2D eigenvalue weighted by atomic mass is 16.5. The Kier molecular flexibility index (Phi) is 3.55. The smallest absolute Gasteiger partial charge is 0.316 e. The molecule has 94 valence electrons. The molecule has 4 nitrogen and oxygen atoms in total. The molecule has 1 aliphatic rings. The van der Waals surface area contributed by atoms with Gasteiger partial charge in [-0.15, -0.1) is 0 Å². The number of Topliss-reactive ketones (excluding diaryl/α,β-unsaturated/α-hetero) is 2. The molecule has 0 spiro atoms. The highest BCUT2D eigenvalue weighted by molar-refractivity contribution is 6.11. The molecule has 0 amide bonds. The third-order valence-electron chi connectivity index (χ3n) is 3.25. The van der Waals surface area contributed by atoms with Crippen LogP contribution >= 0.6 is 0 Å². The molecule has 1 aliphatic carbocycles. The molecule has 2 rings (SSSR count). The van der Waals surface area contributed by atoms with Gasteiger partial charge in [-0.1, -0.05) is 30.3 Å². The van der Waals surface area contributed by atoms with E-state index in [1.807, 2.05) is 30.3 Å². The number of ether oxygens (including phenoxy) is 1.